The first-order valence-electron chi connectivity index (χ1n) is 5.56. The SMILES string of the molecule is CC(C)(CC(=O)O)C(=O)NCc1ccc(F)cc1. The van der Waals surface area contributed by atoms with Gasteiger partial charge in [0, 0.05) is 6.54 Å². The molecule has 1 rings (SSSR count). The number of amides is 1. The van der Waals surface area contributed by atoms with Crippen LogP contribution in [0.25, 0.3) is 0 Å². The molecule has 18 heavy (non-hydrogen) atoms. The summed E-state index contributed by atoms with van der Waals surface area (Å²) >= 11 is 0. The summed E-state index contributed by atoms with van der Waals surface area (Å²) in [6.45, 7) is 3.39. The first-order valence-corrected chi connectivity index (χ1v) is 5.56. The predicted molar refractivity (Wildman–Crippen MR) is 64.3 cm³/mol. The van der Waals surface area contributed by atoms with Crippen molar-refractivity contribution in [2.75, 3.05) is 0 Å². The average molecular weight is 253 g/mol. The molecule has 0 atom stereocenters. The molecule has 0 unspecified atom stereocenters. The number of hydrogen-bond acceptors (Lipinski definition) is 2. The number of nitrogens with one attached hydrogen (secondary N) is 1. The summed E-state index contributed by atoms with van der Waals surface area (Å²) in [6.07, 6.45) is -0.234. The van der Waals surface area contributed by atoms with Gasteiger partial charge in [0.15, 0.2) is 0 Å². The fourth-order valence-corrected chi connectivity index (χ4v) is 1.48. The van der Waals surface area contributed by atoms with E-state index in [1.165, 1.54) is 12.1 Å². The molecule has 0 aliphatic heterocycles. The largest absolute Gasteiger partial charge is 0.481 e. The second-order valence-electron chi connectivity index (χ2n) is 4.76. The van der Waals surface area contributed by atoms with Gasteiger partial charge in [-0.3, -0.25) is 9.59 Å². The van der Waals surface area contributed by atoms with Crippen molar-refractivity contribution in [1.82, 2.24) is 5.32 Å². The zero-order chi connectivity index (χ0) is 13.8. The van der Waals surface area contributed by atoms with Gasteiger partial charge in [-0.05, 0) is 17.7 Å². The van der Waals surface area contributed by atoms with E-state index in [0.29, 0.717) is 0 Å². The Hall–Kier alpha value is -1.91. The second kappa shape index (κ2) is 5.62. The summed E-state index contributed by atoms with van der Waals surface area (Å²) in [7, 11) is 0. The van der Waals surface area contributed by atoms with Crippen molar-refractivity contribution in [2.24, 2.45) is 5.41 Å². The van der Waals surface area contributed by atoms with Gasteiger partial charge in [0.1, 0.15) is 5.82 Å². The van der Waals surface area contributed by atoms with E-state index in [1.807, 2.05) is 0 Å². The van der Waals surface area contributed by atoms with Gasteiger partial charge < -0.3 is 10.4 Å². The molecule has 0 aliphatic rings. The Bertz CT molecular complexity index is 440. The molecule has 1 amide bonds. The third-order valence-electron chi connectivity index (χ3n) is 2.57. The van der Waals surface area contributed by atoms with Crippen molar-refractivity contribution in [1.29, 1.82) is 0 Å². The monoisotopic (exact) mass is 253 g/mol. The summed E-state index contributed by atoms with van der Waals surface area (Å²) in [4.78, 5) is 22.4. The van der Waals surface area contributed by atoms with E-state index in [1.54, 1.807) is 26.0 Å². The van der Waals surface area contributed by atoms with Crippen LogP contribution in [0.1, 0.15) is 25.8 Å². The molecule has 5 heteroatoms. The highest BCUT2D eigenvalue weighted by Gasteiger charge is 2.30. The van der Waals surface area contributed by atoms with Gasteiger partial charge in [0.05, 0.1) is 11.8 Å². The Balaban J connectivity index is 2.55. The molecule has 0 bridgehead atoms. The van der Waals surface area contributed by atoms with Crippen molar-refractivity contribution in [3.05, 3.63) is 35.6 Å². The molecule has 98 valence electrons. The number of carbonyl (C=O) groups excluding carboxylic acids is 1. The molecular weight excluding hydrogens is 237 g/mol. The van der Waals surface area contributed by atoms with Crippen LogP contribution >= 0.6 is 0 Å². The van der Waals surface area contributed by atoms with E-state index in [9.17, 15) is 14.0 Å². The highest BCUT2D eigenvalue weighted by molar-refractivity contribution is 5.86. The van der Waals surface area contributed by atoms with Crippen LogP contribution in [0.5, 0.6) is 0 Å². The molecule has 0 saturated carbocycles. The number of carbonyl (C=O) groups is 2. The lowest BCUT2D eigenvalue weighted by Crippen LogP contribution is -2.37. The van der Waals surface area contributed by atoms with Crippen molar-refractivity contribution in [2.45, 2.75) is 26.8 Å². The molecule has 0 spiro atoms. The Morgan fingerprint density at radius 1 is 1.28 bits per heavy atom. The van der Waals surface area contributed by atoms with Gasteiger partial charge >= 0.3 is 5.97 Å². The number of rotatable bonds is 5. The van der Waals surface area contributed by atoms with E-state index in [4.69, 9.17) is 5.11 Å². The minimum atomic E-state index is -1.02. The van der Waals surface area contributed by atoms with Crippen LogP contribution in [0.15, 0.2) is 24.3 Å². The smallest absolute Gasteiger partial charge is 0.304 e. The lowest BCUT2D eigenvalue weighted by Gasteiger charge is -2.21. The van der Waals surface area contributed by atoms with E-state index in [2.05, 4.69) is 5.32 Å². The first-order chi connectivity index (χ1) is 8.31. The summed E-state index contributed by atoms with van der Waals surface area (Å²) in [5.74, 6) is -1.69. The third-order valence-corrected chi connectivity index (χ3v) is 2.57. The molecule has 0 aromatic heterocycles. The van der Waals surface area contributed by atoms with E-state index in [0.717, 1.165) is 5.56 Å². The molecule has 4 nitrogen and oxygen atoms in total. The van der Waals surface area contributed by atoms with Crippen LogP contribution in [0.4, 0.5) is 4.39 Å². The van der Waals surface area contributed by atoms with E-state index < -0.39 is 11.4 Å². The normalized spacial score (nSPS) is 11.1. The number of benzene rings is 1. The van der Waals surface area contributed by atoms with Crippen molar-refractivity contribution >= 4 is 11.9 Å². The van der Waals surface area contributed by atoms with Crippen molar-refractivity contribution < 1.29 is 19.1 Å². The fourth-order valence-electron chi connectivity index (χ4n) is 1.48. The van der Waals surface area contributed by atoms with Crippen LogP contribution in [-0.4, -0.2) is 17.0 Å². The Kier molecular flexibility index (Phi) is 4.42. The number of halogens is 1. The number of hydrogen-bond donors (Lipinski definition) is 2. The van der Waals surface area contributed by atoms with E-state index >= 15 is 0 Å². The molecule has 0 saturated heterocycles. The Labute approximate surface area is 105 Å². The first kappa shape index (κ1) is 14.2. The topological polar surface area (TPSA) is 66.4 Å². The molecule has 1 aromatic carbocycles. The van der Waals surface area contributed by atoms with Gasteiger partial charge in [-0.25, -0.2) is 4.39 Å². The molecular formula is C13H16FNO3. The van der Waals surface area contributed by atoms with Crippen LogP contribution in [0.2, 0.25) is 0 Å². The molecule has 0 heterocycles. The van der Waals surface area contributed by atoms with Crippen molar-refractivity contribution in [3.8, 4) is 0 Å². The molecule has 0 aliphatic carbocycles. The Morgan fingerprint density at radius 2 is 1.83 bits per heavy atom. The van der Waals surface area contributed by atoms with Gasteiger partial charge in [-0.1, -0.05) is 26.0 Å². The Morgan fingerprint density at radius 3 is 2.33 bits per heavy atom. The fraction of sp³-hybridized carbons (Fsp3) is 0.385. The highest BCUT2D eigenvalue weighted by atomic mass is 19.1. The summed E-state index contributed by atoms with van der Waals surface area (Å²) in [5, 5.41) is 11.3. The standard InChI is InChI=1S/C13H16FNO3/c1-13(2,7-11(16)17)12(18)15-8-9-3-5-10(14)6-4-9/h3-6H,7-8H2,1-2H3,(H,15,18)(H,16,17). The van der Waals surface area contributed by atoms with Gasteiger partial charge in [-0.15, -0.1) is 0 Å². The maximum absolute atomic E-state index is 12.7. The van der Waals surface area contributed by atoms with Crippen LogP contribution in [-0.2, 0) is 16.1 Å². The van der Waals surface area contributed by atoms with Crippen LogP contribution in [0, 0.1) is 11.2 Å². The van der Waals surface area contributed by atoms with Gasteiger partial charge in [-0.2, -0.15) is 0 Å². The summed E-state index contributed by atoms with van der Waals surface area (Å²) in [6, 6.07) is 5.76. The summed E-state index contributed by atoms with van der Waals surface area (Å²) in [5.41, 5.74) is -0.206. The molecule has 2 N–H and O–H groups in total. The number of carboxylic acids is 1. The zero-order valence-electron chi connectivity index (χ0n) is 10.4. The van der Waals surface area contributed by atoms with Crippen molar-refractivity contribution in [3.63, 3.8) is 0 Å². The van der Waals surface area contributed by atoms with E-state index in [-0.39, 0.29) is 24.7 Å². The maximum atomic E-state index is 12.7. The minimum absolute atomic E-state index is 0.234. The molecule has 1 aromatic rings. The minimum Gasteiger partial charge on any atom is -0.481 e. The molecule has 0 radical (unpaired) electrons. The van der Waals surface area contributed by atoms with Gasteiger partial charge in [0.2, 0.25) is 5.91 Å². The second-order valence-corrected chi connectivity index (χ2v) is 4.76. The van der Waals surface area contributed by atoms with Crippen LogP contribution < -0.4 is 5.32 Å². The zero-order valence-corrected chi connectivity index (χ0v) is 10.4. The maximum Gasteiger partial charge on any atom is 0.304 e. The lowest BCUT2D eigenvalue weighted by molar-refractivity contribution is -0.144. The highest BCUT2D eigenvalue weighted by Crippen LogP contribution is 2.20. The predicted octanol–water partition coefficient (Wildman–Crippen LogP) is 1.94. The third kappa shape index (κ3) is 4.16. The van der Waals surface area contributed by atoms with Gasteiger partial charge in [0.25, 0.3) is 0 Å². The number of aliphatic carboxylic acids is 1. The van der Waals surface area contributed by atoms with Crippen LogP contribution in [0.3, 0.4) is 0 Å². The summed E-state index contributed by atoms with van der Waals surface area (Å²) < 4.78 is 12.7. The lowest BCUT2D eigenvalue weighted by atomic mass is 9.88. The number of carboxylic acid groups (broad SMARTS) is 1. The average Bonchev–Trinajstić information content (AvgIpc) is 2.26. The molecule has 0 fully saturated rings. The quantitative estimate of drug-likeness (QED) is 0.842.